The summed E-state index contributed by atoms with van der Waals surface area (Å²) < 4.78 is 5.58. The molecule has 0 N–H and O–H groups in total. The number of methoxy groups -OCH3 is 1. The van der Waals surface area contributed by atoms with Gasteiger partial charge in [-0.05, 0) is 364 Å². The molecule has 0 saturated heterocycles. The predicted octanol–water partition coefficient (Wildman–Crippen LogP) is 19.9. The molecule has 80 heavy (non-hydrogen) atoms. The van der Waals surface area contributed by atoms with Gasteiger partial charge in [-0.15, -0.1) is 0 Å². The van der Waals surface area contributed by atoms with Crippen LogP contribution in [-0.2, 0) is 22.1 Å². The van der Waals surface area contributed by atoms with Crippen molar-refractivity contribution in [1.29, 1.82) is 0 Å². The monoisotopic (exact) mass is 997 g/mol. The van der Waals surface area contributed by atoms with Crippen molar-refractivity contribution in [3.63, 3.8) is 0 Å². The lowest BCUT2D eigenvalue weighted by Crippen LogP contribution is -2.54. The molecule has 3 heteroatoms. The molecule has 0 saturated carbocycles. The molecule has 28 aromatic carbocycles. The first-order valence-electron chi connectivity index (χ1n) is 30.4. The number of esters is 1. The Bertz CT molecular complexity index is 7740. The van der Waals surface area contributed by atoms with E-state index in [2.05, 4.69) is 36.9 Å². The lowest BCUT2D eigenvalue weighted by Gasteiger charge is -2.53. The van der Waals surface area contributed by atoms with Crippen LogP contribution in [0.4, 0.5) is 0 Å². The third-order valence-electron chi connectivity index (χ3n) is 27.2. The molecule has 352 valence electrons. The predicted molar refractivity (Wildman–Crippen MR) is 335 cm³/mol. The lowest BCUT2D eigenvalue weighted by atomic mass is 9.54. The van der Waals surface area contributed by atoms with Crippen molar-refractivity contribution < 1.29 is 9.53 Å². The number of rotatable bonds is 10. The summed E-state index contributed by atoms with van der Waals surface area (Å²) in [6, 6.07) is 8.79. The van der Waals surface area contributed by atoms with E-state index in [-0.39, 0.29) is 5.97 Å². The Kier molecular flexibility index (Phi) is 3.47. The van der Waals surface area contributed by atoms with Crippen molar-refractivity contribution in [2.45, 2.75) is 56.9 Å². The van der Waals surface area contributed by atoms with Crippen LogP contribution >= 0.6 is 0 Å². The molecule has 2 atom stereocenters. The van der Waals surface area contributed by atoms with E-state index in [0.717, 1.165) is 19.5 Å². The minimum Gasteiger partial charge on any atom is -0.465 e. The molecular formula is C77H27NO2. The van der Waals surface area contributed by atoms with Crippen molar-refractivity contribution in [3.05, 3.63) is 68.8 Å². The van der Waals surface area contributed by atoms with Crippen molar-refractivity contribution in [1.82, 2.24) is 4.90 Å². The standard InChI is InChI=1S/C77H27NO2/c1-4-6-11-78(12-7-5-2)77-70-62-53-46-33-26-20-19-21-17-18-22(20)31(33)37-35-24(18)27-23(17)34-36-30(21)32-25(19)28-29(26)40-47-39(28)48-45(32)52-50(36)54-41(34)43-38(27)44-42(35)55(51(37)53)66(70)68-57(44)56(43)67-65(54)69-61(52)58(48)63-60(47)64(59(62)49(40)46)73(77)71(63)76(69,72(67)74(68)77)14-15-9-8-10-16(13-15)75(79)80-3/h8-10,13H,4-7,11-12,14H2,1-3H3. The molecule has 5 aliphatic rings. The molecule has 0 spiro atoms. The van der Waals surface area contributed by atoms with Gasteiger partial charge in [-0.2, -0.15) is 0 Å². The third-order valence-corrected chi connectivity index (χ3v) is 27.2. The van der Waals surface area contributed by atoms with Gasteiger partial charge in [0.1, 0.15) is 5.54 Å². The average molecular weight is 998 g/mol. The van der Waals surface area contributed by atoms with Gasteiger partial charge < -0.3 is 4.74 Å². The molecular weight excluding hydrogens is 971 g/mol. The molecule has 0 heterocycles. The molecule has 28 aromatic rings. The van der Waals surface area contributed by atoms with Gasteiger partial charge in [0.2, 0.25) is 0 Å². The average Bonchev–Trinajstić information content (AvgIpc) is 1.47. The first-order valence-corrected chi connectivity index (χ1v) is 30.4. The SMILES string of the molecule is CCCCN(CCCC)C12c3c4c5c6c7c8c9c%10c(c1c1c%11c2c2c%12c3c5c3c5c6c6c7c7c9c9c%13c%10c1c1c%10c%11c%11c2c2c%12c3c3c5c5c6c6c7c9c7c(c%131)c1c%10c%11c9c2c3c2c9c1c7c6c52)C48Cc1cccc(C(=O)OC)c1. The molecule has 33 rings (SSSR count). The van der Waals surface area contributed by atoms with Gasteiger partial charge in [-0.3, -0.25) is 4.90 Å². The summed E-state index contributed by atoms with van der Waals surface area (Å²) in [6.45, 7) is 7.05. The molecule has 3 nitrogen and oxygen atoms in total. The second-order valence-corrected chi connectivity index (χ2v) is 28.4. The molecule has 0 bridgehead atoms. The Labute approximate surface area is 443 Å². The number of benzene rings is 18. The summed E-state index contributed by atoms with van der Waals surface area (Å²) >= 11 is 0. The number of unbranched alkanes of at least 4 members (excludes halogenated alkanes) is 2. The minimum atomic E-state index is -0.499. The van der Waals surface area contributed by atoms with Crippen LogP contribution in [0, 0.1) is 0 Å². The summed E-state index contributed by atoms with van der Waals surface area (Å²) in [4.78, 5) is 17.1. The number of hydrogen-bond acceptors (Lipinski definition) is 3. The van der Waals surface area contributed by atoms with Gasteiger partial charge in [0.05, 0.1) is 18.1 Å². The van der Waals surface area contributed by atoms with E-state index in [0.29, 0.717) is 5.56 Å². The summed E-state index contributed by atoms with van der Waals surface area (Å²) in [5.74, 6) is -0.247. The van der Waals surface area contributed by atoms with Gasteiger partial charge in [0.25, 0.3) is 0 Å². The second-order valence-electron chi connectivity index (χ2n) is 28.4. The van der Waals surface area contributed by atoms with Crippen molar-refractivity contribution in [2.75, 3.05) is 20.2 Å². The van der Waals surface area contributed by atoms with Crippen molar-refractivity contribution in [2.24, 2.45) is 0 Å². The quantitative estimate of drug-likeness (QED) is 0.101. The van der Waals surface area contributed by atoms with E-state index in [9.17, 15) is 4.79 Å². The fourth-order valence-electron chi connectivity index (χ4n) is 26.5. The zero-order valence-corrected chi connectivity index (χ0v) is 43.0. The molecule has 0 radical (unpaired) electrons. The topological polar surface area (TPSA) is 29.5 Å². The smallest absolute Gasteiger partial charge is 0.337 e. The summed E-state index contributed by atoms with van der Waals surface area (Å²) in [5, 5.41) is 84.8. The Morgan fingerprint density at radius 3 is 0.963 bits per heavy atom. The molecule has 2 unspecified atom stereocenters. The van der Waals surface area contributed by atoms with Gasteiger partial charge in [0.15, 0.2) is 0 Å². The van der Waals surface area contributed by atoms with Crippen LogP contribution < -0.4 is 0 Å². The highest BCUT2D eigenvalue weighted by molar-refractivity contribution is 6.81. The second kappa shape index (κ2) is 8.28. The highest BCUT2D eigenvalue weighted by Crippen LogP contribution is 2.84. The number of nitrogens with zero attached hydrogens (tertiary/aromatic N) is 1. The van der Waals surface area contributed by atoms with Gasteiger partial charge in [-0.1, -0.05) is 38.8 Å². The summed E-state index contributed by atoms with van der Waals surface area (Å²) in [5.41, 5.74) is 11.0. The molecule has 0 fully saturated rings. The van der Waals surface area contributed by atoms with Crippen LogP contribution in [-0.4, -0.2) is 31.1 Å². The zero-order chi connectivity index (χ0) is 49.3. The van der Waals surface area contributed by atoms with E-state index in [1.807, 2.05) is 6.07 Å². The van der Waals surface area contributed by atoms with E-state index in [1.54, 1.807) is 321 Å². The van der Waals surface area contributed by atoms with Gasteiger partial charge in [0, 0.05) is 0 Å². The lowest BCUT2D eigenvalue weighted by molar-refractivity contribution is 0.0600. The Balaban J connectivity index is 1.07. The van der Waals surface area contributed by atoms with Crippen LogP contribution in [0.5, 0.6) is 0 Å². The van der Waals surface area contributed by atoms with E-state index >= 15 is 0 Å². The Morgan fingerprint density at radius 2 is 0.613 bits per heavy atom. The minimum absolute atomic E-state index is 0.247. The normalized spacial score (nSPS) is 20.6. The van der Waals surface area contributed by atoms with Crippen molar-refractivity contribution >= 4 is 286 Å². The Hall–Kier alpha value is -8.89. The maximum atomic E-state index is 13.9. The fraction of sp³-hybridized carbons (Fsp3) is 0.156. The molecule has 0 aliphatic heterocycles. The first-order chi connectivity index (χ1) is 39.7. The van der Waals surface area contributed by atoms with Crippen LogP contribution in [0.25, 0.3) is 280 Å². The number of carbonyl (C=O) groups is 1. The largest absolute Gasteiger partial charge is 0.465 e. The van der Waals surface area contributed by atoms with E-state index in [4.69, 9.17) is 4.74 Å². The molecule has 0 aromatic heterocycles. The number of carbonyl (C=O) groups excluding carboxylic acids is 1. The third kappa shape index (κ3) is 2.02. The maximum Gasteiger partial charge on any atom is 0.337 e. The first kappa shape index (κ1) is 33.5. The van der Waals surface area contributed by atoms with E-state index in [1.165, 1.54) is 31.2 Å². The molecule has 0 amide bonds. The maximum absolute atomic E-state index is 13.9. The van der Waals surface area contributed by atoms with Crippen LogP contribution in [0.15, 0.2) is 24.3 Å². The molecule has 5 aliphatic carbocycles. The van der Waals surface area contributed by atoms with E-state index < -0.39 is 11.0 Å². The van der Waals surface area contributed by atoms with Gasteiger partial charge in [-0.25, -0.2) is 4.79 Å². The van der Waals surface area contributed by atoms with Gasteiger partial charge >= 0.3 is 5.97 Å². The summed E-state index contributed by atoms with van der Waals surface area (Å²) in [6.07, 6.45) is 5.52. The fourth-order valence-corrected chi connectivity index (χ4v) is 26.5. The highest BCUT2D eigenvalue weighted by Gasteiger charge is 2.68. The zero-order valence-electron chi connectivity index (χ0n) is 43.0. The van der Waals surface area contributed by atoms with Crippen LogP contribution in [0.3, 0.4) is 0 Å². The number of ether oxygens (including phenoxy) is 1. The highest BCUT2D eigenvalue weighted by atomic mass is 16.5. The van der Waals surface area contributed by atoms with Crippen LogP contribution in [0.1, 0.15) is 88.8 Å². The van der Waals surface area contributed by atoms with Crippen LogP contribution in [0.2, 0.25) is 0 Å². The Morgan fingerprint density at radius 1 is 0.350 bits per heavy atom. The van der Waals surface area contributed by atoms with Crippen molar-refractivity contribution in [3.8, 4) is 0 Å². The summed E-state index contributed by atoms with van der Waals surface area (Å²) in [7, 11) is 1.55. The number of hydrogen-bond donors (Lipinski definition) is 0.